The molecular weight excluding hydrogens is 408 g/mol. The lowest BCUT2D eigenvalue weighted by Crippen LogP contribution is -2.45. The van der Waals surface area contributed by atoms with Crippen LogP contribution < -0.4 is 20.7 Å². The topological polar surface area (TPSA) is 79.5 Å². The molecule has 2 aromatic rings. The van der Waals surface area contributed by atoms with Gasteiger partial charge in [-0.05, 0) is 43.5 Å². The number of aromatic amines is 1. The fourth-order valence-corrected chi connectivity index (χ4v) is 3.79. The van der Waals surface area contributed by atoms with Gasteiger partial charge in [-0.15, -0.1) is 13.2 Å². The molecule has 0 bridgehead atoms. The van der Waals surface area contributed by atoms with Crippen LogP contribution in [0.15, 0.2) is 23.0 Å². The van der Waals surface area contributed by atoms with Gasteiger partial charge in [-0.1, -0.05) is 0 Å². The lowest BCUT2D eigenvalue weighted by Gasteiger charge is -2.32. The van der Waals surface area contributed by atoms with Crippen molar-refractivity contribution in [2.24, 2.45) is 0 Å². The molecule has 1 unspecified atom stereocenters. The molecule has 0 radical (unpaired) electrons. The summed E-state index contributed by atoms with van der Waals surface area (Å²) in [4.78, 5) is 19.8. The highest BCUT2D eigenvalue weighted by molar-refractivity contribution is 5.52. The van der Waals surface area contributed by atoms with E-state index < -0.39 is 17.9 Å². The molecule has 1 aromatic heterocycles. The van der Waals surface area contributed by atoms with Crippen molar-refractivity contribution in [3.63, 3.8) is 0 Å². The van der Waals surface area contributed by atoms with E-state index >= 15 is 0 Å². The van der Waals surface area contributed by atoms with Crippen LogP contribution in [0.3, 0.4) is 0 Å². The monoisotopic (exact) mass is 428 g/mol. The number of ether oxygens (including phenoxy) is 2. The number of alkyl halides is 3. The first-order valence-corrected chi connectivity index (χ1v) is 9.51. The third kappa shape index (κ3) is 4.26. The van der Waals surface area contributed by atoms with Gasteiger partial charge < -0.3 is 14.5 Å². The zero-order valence-corrected chi connectivity index (χ0v) is 16.1. The Morgan fingerprint density at radius 2 is 2.03 bits per heavy atom. The second-order valence-corrected chi connectivity index (χ2v) is 7.29. The largest absolute Gasteiger partial charge is 0.573 e. The van der Waals surface area contributed by atoms with Crippen molar-refractivity contribution in [3.05, 3.63) is 51.3 Å². The summed E-state index contributed by atoms with van der Waals surface area (Å²) in [6.07, 6.45) is -3.57. The summed E-state index contributed by atoms with van der Waals surface area (Å²) in [6, 6.07) is 2.56. The van der Waals surface area contributed by atoms with Gasteiger partial charge >= 0.3 is 6.36 Å². The smallest absolute Gasteiger partial charge is 0.406 e. The van der Waals surface area contributed by atoms with Crippen molar-refractivity contribution in [2.75, 3.05) is 18.2 Å². The third-order valence-electron chi connectivity index (χ3n) is 5.14. The van der Waals surface area contributed by atoms with Crippen LogP contribution in [0.25, 0.3) is 0 Å². The van der Waals surface area contributed by atoms with Crippen LogP contribution in [-0.4, -0.2) is 35.6 Å². The Hall–Kier alpha value is -2.66. The number of hydrazine groups is 1. The van der Waals surface area contributed by atoms with Gasteiger partial charge in [0.15, 0.2) is 5.82 Å². The summed E-state index contributed by atoms with van der Waals surface area (Å²) >= 11 is 0. The predicted octanol–water partition coefficient (Wildman–Crippen LogP) is 2.96. The van der Waals surface area contributed by atoms with E-state index in [1.807, 2.05) is 11.9 Å². The van der Waals surface area contributed by atoms with E-state index in [0.29, 0.717) is 24.6 Å². The van der Waals surface area contributed by atoms with Crippen molar-refractivity contribution >= 4 is 5.82 Å². The highest BCUT2D eigenvalue weighted by Gasteiger charge is 2.35. The van der Waals surface area contributed by atoms with Crippen molar-refractivity contribution in [1.82, 2.24) is 15.4 Å². The number of benzene rings is 1. The summed E-state index contributed by atoms with van der Waals surface area (Å²) in [5.74, 6) is -0.659. The molecule has 2 aliphatic heterocycles. The third-order valence-corrected chi connectivity index (χ3v) is 5.14. The minimum Gasteiger partial charge on any atom is -0.406 e. The van der Waals surface area contributed by atoms with Crippen LogP contribution >= 0.6 is 0 Å². The molecule has 2 aliphatic rings. The first kappa shape index (κ1) is 20.6. The molecule has 1 saturated heterocycles. The van der Waals surface area contributed by atoms with Crippen LogP contribution in [0, 0.1) is 5.82 Å². The number of nitrogens with one attached hydrogen (secondary N) is 2. The second-order valence-electron chi connectivity index (χ2n) is 7.29. The zero-order valence-electron chi connectivity index (χ0n) is 16.1. The maximum Gasteiger partial charge on any atom is 0.573 e. The molecule has 2 N–H and O–H groups in total. The van der Waals surface area contributed by atoms with Gasteiger partial charge in [0, 0.05) is 19.6 Å². The summed E-state index contributed by atoms with van der Waals surface area (Å²) in [5, 5.41) is 1.85. The minimum absolute atomic E-state index is 0.0727. The summed E-state index contributed by atoms with van der Waals surface area (Å²) in [6.45, 7) is 3.03. The van der Waals surface area contributed by atoms with Crippen molar-refractivity contribution in [1.29, 1.82) is 0 Å². The minimum atomic E-state index is -4.89. The van der Waals surface area contributed by atoms with Gasteiger partial charge in [0.25, 0.3) is 5.56 Å². The molecule has 30 heavy (non-hydrogen) atoms. The van der Waals surface area contributed by atoms with Crippen LogP contribution in [0.2, 0.25) is 0 Å². The fraction of sp³-hybridized carbons (Fsp3) is 0.474. The Morgan fingerprint density at radius 1 is 1.30 bits per heavy atom. The lowest BCUT2D eigenvalue weighted by molar-refractivity contribution is -0.274. The van der Waals surface area contributed by atoms with Gasteiger partial charge in [0.05, 0.1) is 17.6 Å². The molecule has 1 fully saturated rings. The van der Waals surface area contributed by atoms with Crippen LogP contribution in [0.1, 0.15) is 42.8 Å². The Bertz CT molecular complexity index is 989. The zero-order chi connectivity index (χ0) is 21.5. The number of hydrogen-bond donors (Lipinski definition) is 2. The standard InChI is InChI=1S/C19H20F4N4O3/c1-10-16-17(27(26-10)12-4-6-29-7-5-12)24-15(25-18(16)28)9-11-8-13(2-3-14(11)20)30-19(21,22)23/h2-3,8,10,12,26H,4-7,9H2,1H3,(H,24,25,28). The van der Waals surface area contributed by atoms with Crippen LogP contribution in [0.5, 0.6) is 5.75 Å². The Morgan fingerprint density at radius 3 is 2.73 bits per heavy atom. The molecule has 11 heteroatoms. The fourth-order valence-electron chi connectivity index (χ4n) is 3.79. The van der Waals surface area contributed by atoms with Gasteiger partial charge in [-0.3, -0.25) is 9.80 Å². The van der Waals surface area contributed by atoms with E-state index in [-0.39, 0.29) is 35.5 Å². The number of halogens is 4. The van der Waals surface area contributed by atoms with Gasteiger partial charge in [-0.25, -0.2) is 14.8 Å². The molecule has 1 atom stereocenters. The molecule has 4 rings (SSSR count). The molecule has 0 saturated carbocycles. The van der Waals surface area contributed by atoms with E-state index in [1.54, 1.807) is 0 Å². The molecular formula is C19H20F4N4O3. The van der Waals surface area contributed by atoms with Crippen LogP contribution in [0.4, 0.5) is 23.4 Å². The number of anilines is 1. The maximum absolute atomic E-state index is 14.2. The SMILES string of the molecule is CC1NN(C2CCOCC2)c2nc(Cc3cc(OC(F)(F)F)ccc3F)[nH]c(=O)c21. The Labute approximate surface area is 169 Å². The Kier molecular flexibility index (Phi) is 5.41. The highest BCUT2D eigenvalue weighted by Crippen LogP contribution is 2.32. The van der Waals surface area contributed by atoms with Crippen LogP contribution in [-0.2, 0) is 11.2 Å². The van der Waals surface area contributed by atoms with E-state index in [4.69, 9.17) is 4.74 Å². The first-order valence-electron chi connectivity index (χ1n) is 9.51. The summed E-state index contributed by atoms with van der Waals surface area (Å²) in [7, 11) is 0. The first-order chi connectivity index (χ1) is 14.2. The molecule has 0 spiro atoms. The molecule has 1 aromatic carbocycles. The van der Waals surface area contributed by atoms with E-state index in [1.165, 1.54) is 0 Å². The molecule has 0 amide bonds. The summed E-state index contributed by atoms with van der Waals surface area (Å²) < 4.78 is 60.8. The molecule has 0 aliphatic carbocycles. The number of H-pyrrole nitrogens is 1. The second kappa shape index (κ2) is 7.88. The van der Waals surface area contributed by atoms with Crippen molar-refractivity contribution < 1.29 is 27.0 Å². The molecule has 162 valence electrons. The van der Waals surface area contributed by atoms with E-state index in [0.717, 1.165) is 31.0 Å². The lowest BCUT2D eigenvalue weighted by atomic mass is 10.1. The number of hydrogen-bond acceptors (Lipinski definition) is 6. The predicted molar refractivity (Wildman–Crippen MR) is 98.6 cm³/mol. The normalized spacial score (nSPS) is 19.8. The number of aromatic nitrogens is 2. The average Bonchev–Trinajstić information content (AvgIpc) is 3.01. The average molecular weight is 428 g/mol. The van der Waals surface area contributed by atoms with Crippen molar-refractivity contribution in [2.45, 2.75) is 44.6 Å². The van der Waals surface area contributed by atoms with E-state index in [9.17, 15) is 22.4 Å². The Balaban J connectivity index is 1.64. The highest BCUT2D eigenvalue weighted by atomic mass is 19.4. The van der Waals surface area contributed by atoms with Crippen molar-refractivity contribution in [3.8, 4) is 5.75 Å². The number of fused-ring (bicyclic) bond motifs is 1. The summed E-state index contributed by atoms with van der Waals surface area (Å²) in [5.41, 5.74) is 3.27. The number of nitrogens with zero attached hydrogens (tertiary/aromatic N) is 2. The maximum atomic E-state index is 14.2. The quantitative estimate of drug-likeness (QED) is 0.729. The van der Waals surface area contributed by atoms with Gasteiger partial charge in [-0.2, -0.15) is 0 Å². The molecule has 3 heterocycles. The molecule has 7 nitrogen and oxygen atoms in total. The van der Waals surface area contributed by atoms with Gasteiger partial charge in [0.1, 0.15) is 17.4 Å². The van der Waals surface area contributed by atoms with Gasteiger partial charge in [0.2, 0.25) is 0 Å². The number of rotatable bonds is 4. The van der Waals surface area contributed by atoms with E-state index in [2.05, 4.69) is 20.1 Å².